The van der Waals surface area contributed by atoms with Crippen molar-refractivity contribution in [1.82, 2.24) is 14.7 Å². The van der Waals surface area contributed by atoms with Crippen molar-refractivity contribution in [2.75, 3.05) is 6.61 Å². The standard InChI is InChI=1S/C29H29N5O4/c1-18(2)38-26-10-9-21(15-22(26)16-30)29(37)32-23(11-13-35)14-19-5-7-20(8-6-19)25-17-34-12-3-4-24(27(31)36)28(34)33-25/h3-10,12,15,17-18,23,35H,11,13-14H2,1-2H3,(H2,31,36)(H,32,37). The summed E-state index contributed by atoms with van der Waals surface area (Å²) >= 11 is 0. The van der Waals surface area contributed by atoms with Crippen LogP contribution in [0.2, 0.25) is 0 Å². The lowest BCUT2D eigenvalue weighted by molar-refractivity contribution is 0.0929. The van der Waals surface area contributed by atoms with E-state index in [0.717, 1.165) is 11.1 Å². The molecular formula is C29H29N5O4. The van der Waals surface area contributed by atoms with Gasteiger partial charge < -0.3 is 25.3 Å². The van der Waals surface area contributed by atoms with Crippen LogP contribution in [0.15, 0.2) is 67.0 Å². The van der Waals surface area contributed by atoms with Crippen LogP contribution in [0.3, 0.4) is 0 Å². The van der Waals surface area contributed by atoms with Gasteiger partial charge in [0.15, 0.2) is 0 Å². The maximum Gasteiger partial charge on any atom is 0.252 e. The lowest BCUT2D eigenvalue weighted by atomic mass is 10.0. The summed E-state index contributed by atoms with van der Waals surface area (Å²) in [5, 5.41) is 22.0. The quantitative estimate of drug-likeness (QED) is 0.297. The van der Waals surface area contributed by atoms with E-state index in [1.807, 2.05) is 44.3 Å². The number of amides is 2. The molecule has 0 aliphatic heterocycles. The number of ether oxygens (including phenoxy) is 1. The molecule has 2 aromatic heterocycles. The molecular weight excluding hydrogens is 482 g/mol. The van der Waals surface area contributed by atoms with Crippen LogP contribution in [-0.2, 0) is 6.42 Å². The Balaban J connectivity index is 1.48. The van der Waals surface area contributed by atoms with Gasteiger partial charge in [0, 0.05) is 36.2 Å². The van der Waals surface area contributed by atoms with Crippen molar-refractivity contribution >= 4 is 17.5 Å². The number of nitrogens with zero attached hydrogens (tertiary/aromatic N) is 3. The smallest absolute Gasteiger partial charge is 0.252 e. The summed E-state index contributed by atoms with van der Waals surface area (Å²) in [5.74, 6) is -0.436. The number of nitrogens with one attached hydrogen (secondary N) is 1. The van der Waals surface area contributed by atoms with Gasteiger partial charge in [-0.15, -0.1) is 0 Å². The number of aliphatic hydroxyl groups excluding tert-OH is 1. The molecule has 0 radical (unpaired) electrons. The lowest BCUT2D eigenvalue weighted by Gasteiger charge is -2.19. The maximum atomic E-state index is 12.9. The zero-order valence-electron chi connectivity index (χ0n) is 21.2. The first-order valence-corrected chi connectivity index (χ1v) is 12.3. The molecule has 0 aliphatic rings. The van der Waals surface area contributed by atoms with Gasteiger partial charge in [0.25, 0.3) is 11.8 Å². The van der Waals surface area contributed by atoms with E-state index in [2.05, 4.69) is 16.4 Å². The monoisotopic (exact) mass is 511 g/mol. The van der Waals surface area contributed by atoms with Crippen molar-refractivity contribution in [3.8, 4) is 23.1 Å². The number of carbonyl (C=O) groups excluding carboxylic acids is 2. The third kappa shape index (κ3) is 5.99. The molecule has 2 heterocycles. The van der Waals surface area contributed by atoms with E-state index >= 15 is 0 Å². The largest absolute Gasteiger partial charge is 0.490 e. The Labute approximate surface area is 220 Å². The number of primary amides is 1. The number of aromatic nitrogens is 2. The summed E-state index contributed by atoms with van der Waals surface area (Å²) in [5.41, 5.74) is 9.47. The van der Waals surface area contributed by atoms with E-state index in [4.69, 9.17) is 10.5 Å². The summed E-state index contributed by atoms with van der Waals surface area (Å²) in [6.07, 6.45) is 4.42. The summed E-state index contributed by atoms with van der Waals surface area (Å²) in [6, 6.07) is 17.6. The van der Waals surface area contributed by atoms with Crippen LogP contribution < -0.4 is 15.8 Å². The van der Waals surface area contributed by atoms with Crippen LogP contribution in [-0.4, -0.2) is 45.1 Å². The molecule has 4 N–H and O–H groups in total. The number of pyridine rings is 1. The fraction of sp³-hybridized carbons (Fsp3) is 0.241. The molecule has 1 unspecified atom stereocenters. The van der Waals surface area contributed by atoms with Crippen molar-refractivity contribution in [2.45, 2.75) is 38.8 Å². The fourth-order valence-electron chi connectivity index (χ4n) is 4.21. The van der Waals surface area contributed by atoms with Crippen LogP contribution >= 0.6 is 0 Å². The Kier molecular flexibility index (Phi) is 8.04. The minimum atomic E-state index is -0.538. The first-order chi connectivity index (χ1) is 18.3. The van der Waals surface area contributed by atoms with Gasteiger partial charge in [-0.1, -0.05) is 24.3 Å². The first kappa shape index (κ1) is 26.4. The van der Waals surface area contributed by atoms with Gasteiger partial charge in [0.1, 0.15) is 17.5 Å². The van der Waals surface area contributed by atoms with Crippen molar-refractivity contribution in [2.24, 2.45) is 5.73 Å². The number of benzene rings is 2. The SMILES string of the molecule is CC(C)Oc1ccc(C(=O)NC(CCO)Cc2ccc(-c3cn4cccc(C(N)=O)c4n3)cc2)cc1C#N. The van der Waals surface area contributed by atoms with Gasteiger partial charge >= 0.3 is 0 Å². The van der Waals surface area contributed by atoms with Gasteiger partial charge in [0.05, 0.1) is 22.9 Å². The summed E-state index contributed by atoms with van der Waals surface area (Å²) < 4.78 is 7.39. The molecule has 9 nitrogen and oxygen atoms in total. The van der Waals surface area contributed by atoms with Gasteiger partial charge in [0.2, 0.25) is 0 Å². The molecule has 0 aliphatic carbocycles. The molecule has 9 heteroatoms. The fourth-order valence-corrected chi connectivity index (χ4v) is 4.21. The maximum absolute atomic E-state index is 12.9. The normalized spacial score (nSPS) is 11.8. The number of hydrogen-bond donors (Lipinski definition) is 3. The molecule has 2 amide bonds. The number of rotatable bonds is 10. The van der Waals surface area contributed by atoms with E-state index in [9.17, 15) is 20.0 Å². The van der Waals surface area contributed by atoms with Crippen LogP contribution in [0, 0.1) is 11.3 Å². The Morgan fingerprint density at radius 2 is 1.95 bits per heavy atom. The summed E-state index contributed by atoms with van der Waals surface area (Å²) in [6.45, 7) is 3.65. The number of nitriles is 1. The molecule has 4 aromatic rings. The molecule has 0 saturated carbocycles. The third-order valence-electron chi connectivity index (χ3n) is 6.02. The molecule has 0 bridgehead atoms. The van der Waals surface area contributed by atoms with Crippen LogP contribution in [0.4, 0.5) is 0 Å². The van der Waals surface area contributed by atoms with Crippen LogP contribution in [0.25, 0.3) is 16.9 Å². The van der Waals surface area contributed by atoms with E-state index in [-0.39, 0.29) is 30.2 Å². The molecule has 0 spiro atoms. The van der Waals surface area contributed by atoms with Crippen LogP contribution in [0.5, 0.6) is 5.75 Å². The van der Waals surface area contributed by atoms with Gasteiger partial charge in [-0.25, -0.2) is 4.98 Å². The van der Waals surface area contributed by atoms with Crippen molar-refractivity contribution < 1.29 is 19.4 Å². The number of nitrogens with two attached hydrogens (primary N) is 1. The minimum absolute atomic E-state index is 0.0862. The second kappa shape index (κ2) is 11.6. The Morgan fingerprint density at radius 3 is 2.61 bits per heavy atom. The number of aliphatic hydroxyl groups is 1. The topological polar surface area (TPSA) is 143 Å². The molecule has 0 saturated heterocycles. The number of carbonyl (C=O) groups is 2. The van der Waals surface area contributed by atoms with Crippen molar-refractivity contribution in [3.05, 3.63) is 89.2 Å². The predicted octanol–water partition coefficient (Wildman–Crippen LogP) is 3.48. The third-order valence-corrected chi connectivity index (χ3v) is 6.02. The number of hydrogen-bond acceptors (Lipinski definition) is 6. The van der Waals surface area contributed by atoms with E-state index in [1.54, 1.807) is 34.9 Å². The van der Waals surface area contributed by atoms with Crippen molar-refractivity contribution in [1.29, 1.82) is 5.26 Å². The molecule has 4 rings (SSSR count). The second-order valence-corrected chi connectivity index (χ2v) is 9.22. The summed E-state index contributed by atoms with van der Waals surface area (Å²) in [4.78, 5) is 29.2. The molecule has 1 atom stereocenters. The first-order valence-electron chi connectivity index (χ1n) is 12.3. The molecule has 38 heavy (non-hydrogen) atoms. The highest BCUT2D eigenvalue weighted by Gasteiger charge is 2.17. The van der Waals surface area contributed by atoms with Gasteiger partial charge in [-0.05, 0) is 62.6 Å². The molecule has 0 fully saturated rings. The van der Waals surface area contributed by atoms with Crippen LogP contribution in [0.1, 0.15) is 52.1 Å². The average Bonchev–Trinajstić information content (AvgIpc) is 3.33. The summed E-state index contributed by atoms with van der Waals surface area (Å²) in [7, 11) is 0. The predicted molar refractivity (Wildman–Crippen MR) is 143 cm³/mol. The van der Waals surface area contributed by atoms with Crippen molar-refractivity contribution in [3.63, 3.8) is 0 Å². The zero-order valence-corrected chi connectivity index (χ0v) is 21.2. The highest BCUT2D eigenvalue weighted by Crippen LogP contribution is 2.23. The Hall–Kier alpha value is -4.68. The van der Waals surface area contributed by atoms with E-state index in [0.29, 0.717) is 41.1 Å². The van der Waals surface area contributed by atoms with Gasteiger partial charge in [-0.2, -0.15) is 5.26 Å². The van der Waals surface area contributed by atoms with E-state index < -0.39 is 5.91 Å². The second-order valence-electron chi connectivity index (χ2n) is 9.22. The average molecular weight is 512 g/mol. The highest BCUT2D eigenvalue weighted by atomic mass is 16.5. The Bertz CT molecular complexity index is 1500. The zero-order chi connectivity index (χ0) is 27.2. The Morgan fingerprint density at radius 1 is 1.18 bits per heavy atom. The minimum Gasteiger partial charge on any atom is -0.490 e. The van der Waals surface area contributed by atoms with E-state index in [1.165, 1.54) is 6.07 Å². The molecule has 2 aromatic carbocycles. The number of fused-ring (bicyclic) bond motifs is 1. The lowest BCUT2D eigenvalue weighted by Crippen LogP contribution is -2.37. The molecule has 194 valence electrons. The van der Waals surface area contributed by atoms with Gasteiger partial charge in [-0.3, -0.25) is 9.59 Å². The highest BCUT2D eigenvalue weighted by molar-refractivity contribution is 5.99. The number of imidazole rings is 1.